The van der Waals surface area contributed by atoms with E-state index in [4.69, 9.17) is 33.2 Å². The van der Waals surface area contributed by atoms with E-state index in [-0.39, 0.29) is 30.3 Å². The molecule has 212 valence electrons. The van der Waals surface area contributed by atoms with Gasteiger partial charge in [-0.3, -0.25) is 10.1 Å². The number of amides is 1. The highest BCUT2D eigenvalue weighted by molar-refractivity contribution is 5.87. The van der Waals surface area contributed by atoms with Gasteiger partial charge in [0.15, 0.2) is 11.5 Å². The second-order valence-electron chi connectivity index (χ2n) is 9.03. The molecule has 0 spiro atoms. The van der Waals surface area contributed by atoms with Gasteiger partial charge in [-0.25, -0.2) is 19.2 Å². The minimum absolute atomic E-state index is 0.00298. The lowest BCUT2D eigenvalue weighted by molar-refractivity contribution is -0.188. The summed E-state index contributed by atoms with van der Waals surface area (Å²) in [4.78, 5) is 61.7. The van der Waals surface area contributed by atoms with E-state index in [1.54, 1.807) is 48.5 Å². The molecule has 0 aliphatic carbocycles. The summed E-state index contributed by atoms with van der Waals surface area (Å²) in [7, 11) is 0. The number of benzene rings is 1. The quantitative estimate of drug-likeness (QED) is 0.196. The zero-order chi connectivity index (χ0) is 29.1. The van der Waals surface area contributed by atoms with E-state index in [1.807, 2.05) is 0 Å². The van der Waals surface area contributed by atoms with E-state index in [0.29, 0.717) is 0 Å². The fraction of sp³-hybridized carbons (Fsp3) is 0.560. The molecule has 0 bridgehead atoms. The van der Waals surface area contributed by atoms with Crippen molar-refractivity contribution >= 4 is 30.3 Å². The van der Waals surface area contributed by atoms with Crippen molar-refractivity contribution in [2.45, 2.75) is 79.2 Å². The first-order valence-corrected chi connectivity index (χ1v) is 11.8. The third kappa shape index (κ3) is 10.9. The molecule has 38 heavy (non-hydrogen) atoms. The molecule has 13 heteroatoms. The van der Waals surface area contributed by atoms with Gasteiger partial charge in [0.2, 0.25) is 0 Å². The Labute approximate surface area is 221 Å². The molecule has 1 aromatic carbocycles. The van der Waals surface area contributed by atoms with Crippen molar-refractivity contribution in [3.63, 3.8) is 0 Å². The van der Waals surface area contributed by atoms with Crippen LogP contribution in [0.2, 0.25) is 0 Å². The van der Waals surface area contributed by atoms with Gasteiger partial charge in [-0.05, 0) is 66.2 Å². The molecule has 1 rings (SSSR count). The van der Waals surface area contributed by atoms with Crippen molar-refractivity contribution in [2.24, 2.45) is 0 Å². The molecule has 0 unspecified atom stereocenters. The van der Waals surface area contributed by atoms with Gasteiger partial charge >= 0.3 is 30.3 Å². The van der Waals surface area contributed by atoms with Crippen LogP contribution in [-0.2, 0) is 39.7 Å². The first kappa shape index (κ1) is 32.0. The minimum atomic E-state index is -2.37. The molecule has 1 aromatic rings. The zero-order valence-corrected chi connectivity index (χ0v) is 22.8. The summed E-state index contributed by atoms with van der Waals surface area (Å²) >= 11 is 0. The van der Waals surface area contributed by atoms with Gasteiger partial charge in [0.05, 0.1) is 19.3 Å². The van der Waals surface area contributed by atoms with Crippen LogP contribution in [0.25, 0.3) is 0 Å². The van der Waals surface area contributed by atoms with Gasteiger partial charge in [-0.2, -0.15) is 0 Å². The number of esters is 2. The molecule has 1 atom stereocenters. The summed E-state index contributed by atoms with van der Waals surface area (Å²) < 4.78 is 35.6. The lowest BCUT2D eigenvalue weighted by atomic mass is 10.0. The number of alkyl carbamates (subject to hydrolysis) is 1. The molecule has 0 aliphatic rings. The number of nitrogens with one attached hydrogen (secondary N) is 1. The number of ether oxygens (including phenoxy) is 7. The molecule has 0 fully saturated rings. The van der Waals surface area contributed by atoms with Gasteiger partial charge in [0, 0.05) is 13.3 Å². The van der Waals surface area contributed by atoms with Crippen molar-refractivity contribution in [1.29, 1.82) is 0 Å². The maximum absolute atomic E-state index is 13.2. The Bertz CT molecular complexity index is 1010. The van der Waals surface area contributed by atoms with Crippen LogP contribution in [-0.4, -0.2) is 61.0 Å². The Balaban J connectivity index is 3.57. The van der Waals surface area contributed by atoms with Crippen LogP contribution in [0.4, 0.5) is 14.4 Å². The van der Waals surface area contributed by atoms with Gasteiger partial charge in [-0.1, -0.05) is 6.07 Å². The molecular weight excluding hydrogens is 506 g/mol. The second-order valence-corrected chi connectivity index (χ2v) is 9.03. The number of rotatable bonds is 10. The second kappa shape index (κ2) is 14.1. The Kier molecular flexibility index (Phi) is 11.8. The molecule has 1 N–H and O–H groups in total. The summed E-state index contributed by atoms with van der Waals surface area (Å²) in [6, 6.07) is 3.86. The number of hydrogen-bond donors (Lipinski definition) is 1. The maximum Gasteiger partial charge on any atom is 0.513 e. The fourth-order valence-corrected chi connectivity index (χ4v) is 2.88. The van der Waals surface area contributed by atoms with Gasteiger partial charge in [0.25, 0.3) is 5.72 Å². The molecule has 1 amide bonds. The molecule has 0 aromatic heterocycles. The van der Waals surface area contributed by atoms with Crippen LogP contribution in [0.15, 0.2) is 18.2 Å². The van der Waals surface area contributed by atoms with Crippen molar-refractivity contribution in [2.75, 3.05) is 13.2 Å². The average Bonchev–Trinajstić information content (AvgIpc) is 2.73. The number of carbonyl (C=O) groups excluding carboxylic acids is 5. The van der Waals surface area contributed by atoms with E-state index in [9.17, 15) is 24.0 Å². The van der Waals surface area contributed by atoms with E-state index in [2.05, 4.69) is 5.32 Å². The summed E-state index contributed by atoms with van der Waals surface area (Å²) in [6.07, 6.45) is -4.35. The van der Waals surface area contributed by atoms with Gasteiger partial charge < -0.3 is 33.2 Å². The van der Waals surface area contributed by atoms with Crippen molar-refractivity contribution < 1.29 is 57.1 Å². The first-order chi connectivity index (χ1) is 17.6. The zero-order valence-electron chi connectivity index (χ0n) is 22.8. The van der Waals surface area contributed by atoms with Crippen LogP contribution < -0.4 is 14.8 Å². The highest BCUT2D eigenvalue weighted by atomic mass is 16.7. The third-order valence-electron chi connectivity index (χ3n) is 4.07. The molecule has 0 heterocycles. The van der Waals surface area contributed by atoms with E-state index < -0.39 is 54.2 Å². The average molecular weight is 542 g/mol. The molecule has 0 aliphatic heterocycles. The van der Waals surface area contributed by atoms with Gasteiger partial charge in [-0.15, -0.1) is 0 Å². The lowest BCUT2D eigenvalue weighted by Crippen LogP contribution is -2.60. The lowest BCUT2D eigenvalue weighted by Gasteiger charge is -2.33. The third-order valence-corrected chi connectivity index (χ3v) is 4.07. The van der Waals surface area contributed by atoms with Crippen molar-refractivity contribution in [3.8, 4) is 11.5 Å². The standard InChI is InChI=1S/C25H35NO12/c1-9-32-22(30)35-18-12-11-17(13-19(18)36-23(31)33-10-2)14-25(37-16(5)27,20(28)34-15(3)4)26-21(29)38-24(6,7)8/h11-13,15H,9-10,14H2,1-8H3,(H,26,29)/t25-/m0/s1. The van der Waals surface area contributed by atoms with E-state index >= 15 is 0 Å². The number of hydrogen-bond acceptors (Lipinski definition) is 12. The Morgan fingerprint density at radius 1 is 0.868 bits per heavy atom. The van der Waals surface area contributed by atoms with Crippen molar-refractivity contribution in [1.82, 2.24) is 5.32 Å². The Morgan fingerprint density at radius 3 is 1.89 bits per heavy atom. The predicted molar refractivity (Wildman–Crippen MR) is 131 cm³/mol. The number of carbonyl (C=O) groups is 5. The molecule has 0 saturated heterocycles. The topological polar surface area (TPSA) is 162 Å². The van der Waals surface area contributed by atoms with Crippen LogP contribution in [0.5, 0.6) is 11.5 Å². The summed E-state index contributed by atoms with van der Waals surface area (Å²) in [6.45, 7) is 12.2. The Hall–Kier alpha value is -4.03. The van der Waals surface area contributed by atoms with E-state index in [1.165, 1.54) is 18.2 Å². The summed E-state index contributed by atoms with van der Waals surface area (Å²) in [5.41, 5.74) is -3.12. The first-order valence-electron chi connectivity index (χ1n) is 11.8. The smallest absolute Gasteiger partial charge is 0.459 e. The molecule has 0 radical (unpaired) electrons. The SMILES string of the molecule is CCOC(=O)Oc1ccc(C[C@](NC(=O)OC(C)(C)C)(OC(C)=O)C(=O)OC(C)C)cc1OC(=O)OCC. The van der Waals surface area contributed by atoms with Gasteiger partial charge in [0.1, 0.15) is 5.60 Å². The normalized spacial score (nSPS) is 12.4. The van der Waals surface area contributed by atoms with Crippen LogP contribution in [0.1, 0.15) is 61.0 Å². The Morgan fingerprint density at radius 2 is 1.42 bits per heavy atom. The minimum Gasteiger partial charge on any atom is -0.459 e. The maximum atomic E-state index is 13.2. The van der Waals surface area contributed by atoms with Crippen molar-refractivity contribution in [3.05, 3.63) is 23.8 Å². The largest absolute Gasteiger partial charge is 0.513 e. The molecule has 13 nitrogen and oxygen atoms in total. The van der Waals surface area contributed by atoms with Crippen LogP contribution >= 0.6 is 0 Å². The summed E-state index contributed by atoms with van der Waals surface area (Å²) in [5.74, 6) is -2.48. The highest BCUT2D eigenvalue weighted by Gasteiger charge is 2.47. The van der Waals surface area contributed by atoms with E-state index in [0.717, 1.165) is 6.92 Å². The fourth-order valence-electron chi connectivity index (χ4n) is 2.88. The van der Waals surface area contributed by atoms with Crippen LogP contribution in [0, 0.1) is 0 Å². The predicted octanol–water partition coefficient (Wildman–Crippen LogP) is 4.04. The molecule has 0 saturated carbocycles. The monoisotopic (exact) mass is 541 g/mol. The summed E-state index contributed by atoms with van der Waals surface area (Å²) in [5, 5.41) is 2.30. The molecular formula is C25H35NO12. The van der Waals surface area contributed by atoms with Crippen LogP contribution in [0.3, 0.4) is 0 Å². The highest BCUT2D eigenvalue weighted by Crippen LogP contribution is 2.31.